The van der Waals surface area contributed by atoms with E-state index in [0.717, 1.165) is 5.92 Å². The lowest BCUT2D eigenvalue weighted by molar-refractivity contribution is 1.09. The van der Waals surface area contributed by atoms with Gasteiger partial charge in [0.15, 0.2) is 0 Å². The Balaban J connectivity index is 0.000000293. The number of benzene rings is 1. The van der Waals surface area contributed by atoms with Crippen molar-refractivity contribution >= 4 is 6.08 Å². The molecule has 1 aliphatic rings. The normalized spacial score (nSPS) is 15.0. The standard InChI is InChI=1S/C11H12.C3H8/c1-2-4-10(5-3-1)6-7-11-8-9-11;1-3-2/h1-7,11H,8-9H2;3H2,1-2H3/b7-6+;. The Morgan fingerprint density at radius 3 is 2.21 bits per heavy atom. The minimum absolute atomic E-state index is 0.884. The van der Waals surface area contributed by atoms with E-state index >= 15 is 0 Å². The van der Waals surface area contributed by atoms with Crippen LogP contribution in [-0.2, 0) is 0 Å². The van der Waals surface area contributed by atoms with Gasteiger partial charge in [0, 0.05) is 0 Å². The van der Waals surface area contributed by atoms with Gasteiger partial charge in [-0.05, 0) is 24.3 Å². The third-order valence-corrected chi connectivity index (χ3v) is 1.98. The number of hydrogen-bond acceptors (Lipinski definition) is 0. The lowest BCUT2D eigenvalue weighted by Crippen LogP contribution is -1.68. The summed E-state index contributed by atoms with van der Waals surface area (Å²) < 4.78 is 0. The molecule has 0 bridgehead atoms. The molecule has 0 N–H and O–H groups in total. The maximum Gasteiger partial charge on any atom is -0.0230 e. The van der Waals surface area contributed by atoms with Gasteiger partial charge in [0.1, 0.15) is 0 Å². The molecule has 0 radical (unpaired) electrons. The van der Waals surface area contributed by atoms with Crippen LogP contribution >= 0.6 is 0 Å². The Morgan fingerprint density at radius 2 is 1.71 bits per heavy atom. The van der Waals surface area contributed by atoms with E-state index in [4.69, 9.17) is 0 Å². The van der Waals surface area contributed by atoms with Crippen LogP contribution in [0.3, 0.4) is 0 Å². The van der Waals surface area contributed by atoms with E-state index in [0.29, 0.717) is 0 Å². The first-order chi connectivity index (χ1) is 6.86. The van der Waals surface area contributed by atoms with E-state index in [-0.39, 0.29) is 0 Å². The fraction of sp³-hybridized carbons (Fsp3) is 0.429. The third kappa shape index (κ3) is 4.86. The molecule has 1 aromatic rings. The second-order valence-electron chi connectivity index (χ2n) is 3.81. The van der Waals surface area contributed by atoms with Crippen LogP contribution in [0.5, 0.6) is 0 Å². The van der Waals surface area contributed by atoms with Crippen LogP contribution in [0.2, 0.25) is 0 Å². The van der Waals surface area contributed by atoms with Crippen molar-refractivity contribution in [2.75, 3.05) is 0 Å². The molecule has 1 saturated carbocycles. The Bertz CT molecular complexity index is 255. The summed E-state index contributed by atoms with van der Waals surface area (Å²) in [6.07, 6.45) is 8.57. The molecular formula is C14H20. The fourth-order valence-corrected chi connectivity index (χ4v) is 1.10. The minimum Gasteiger partial charge on any atom is -0.0808 e. The van der Waals surface area contributed by atoms with Gasteiger partial charge in [-0.1, -0.05) is 62.8 Å². The Hall–Kier alpha value is -1.04. The molecule has 14 heavy (non-hydrogen) atoms. The van der Waals surface area contributed by atoms with Crippen molar-refractivity contribution in [3.05, 3.63) is 42.0 Å². The van der Waals surface area contributed by atoms with Gasteiger partial charge in [0.2, 0.25) is 0 Å². The first kappa shape index (κ1) is 11.0. The highest BCUT2D eigenvalue weighted by Gasteiger charge is 2.16. The molecule has 0 amide bonds. The second kappa shape index (κ2) is 6.42. The highest BCUT2D eigenvalue weighted by Crippen LogP contribution is 2.30. The molecule has 0 aliphatic heterocycles. The van der Waals surface area contributed by atoms with E-state index in [1.165, 1.54) is 24.8 Å². The van der Waals surface area contributed by atoms with Crippen LogP contribution in [0.25, 0.3) is 6.08 Å². The first-order valence-corrected chi connectivity index (χ1v) is 5.60. The van der Waals surface area contributed by atoms with E-state index in [2.05, 4.69) is 56.3 Å². The number of hydrogen-bond donors (Lipinski definition) is 0. The van der Waals surface area contributed by atoms with Crippen molar-refractivity contribution in [2.45, 2.75) is 33.1 Å². The van der Waals surface area contributed by atoms with Crippen molar-refractivity contribution in [3.8, 4) is 0 Å². The van der Waals surface area contributed by atoms with Crippen molar-refractivity contribution in [3.63, 3.8) is 0 Å². The van der Waals surface area contributed by atoms with E-state index in [9.17, 15) is 0 Å². The molecule has 0 heteroatoms. The quantitative estimate of drug-likeness (QED) is 0.640. The maximum absolute atomic E-state index is 2.31. The molecule has 0 nitrogen and oxygen atoms in total. The topological polar surface area (TPSA) is 0 Å². The molecule has 0 saturated heterocycles. The Kier molecular flexibility index (Phi) is 5.06. The van der Waals surface area contributed by atoms with Gasteiger partial charge in [-0.15, -0.1) is 0 Å². The summed E-state index contributed by atoms with van der Waals surface area (Å²) >= 11 is 0. The predicted molar refractivity (Wildman–Crippen MR) is 64.2 cm³/mol. The van der Waals surface area contributed by atoms with Crippen LogP contribution in [0.4, 0.5) is 0 Å². The predicted octanol–water partition coefficient (Wildman–Crippen LogP) is 4.53. The molecule has 76 valence electrons. The van der Waals surface area contributed by atoms with E-state index < -0.39 is 0 Å². The van der Waals surface area contributed by atoms with Gasteiger partial charge in [-0.25, -0.2) is 0 Å². The van der Waals surface area contributed by atoms with Crippen molar-refractivity contribution in [1.82, 2.24) is 0 Å². The molecule has 0 spiro atoms. The lowest BCUT2D eigenvalue weighted by atomic mass is 10.2. The largest absolute Gasteiger partial charge is 0.0808 e. The number of rotatable bonds is 2. The molecule has 1 aliphatic carbocycles. The average molecular weight is 188 g/mol. The van der Waals surface area contributed by atoms with Crippen LogP contribution in [0, 0.1) is 5.92 Å². The summed E-state index contributed by atoms with van der Waals surface area (Å²) in [7, 11) is 0. The summed E-state index contributed by atoms with van der Waals surface area (Å²) in [5.74, 6) is 0.884. The van der Waals surface area contributed by atoms with E-state index in [1.807, 2.05) is 0 Å². The minimum atomic E-state index is 0.884. The zero-order valence-electron chi connectivity index (χ0n) is 9.24. The Morgan fingerprint density at radius 1 is 1.14 bits per heavy atom. The second-order valence-corrected chi connectivity index (χ2v) is 3.81. The molecule has 0 heterocycles. The van der Waals surface area contributed by atoms with Gasteiger partial charge < -0.3 is 0 Å². The maximum atomic E-state index is 2.31. The summed E-state index contributed by atoms with van der Waals surface area (Å²) in [5, 5.41) is 0. The van der Waals surface area contributed by atoms with Crippen LogP contribution < -0.4 is 0 Å². The van der Waals surface area contributed by atoms with Gasteiger partial charge >= 0.3 is 0 Å². The van der Waals surface area contributed by atoms with E-state index in [1.54, 1.807) is 0 Å². The highest BCUT2D eigenvalue weighted by atomic mass is 14.2. The molecule has 1 aromatic carbocycles. The van der Waals surface area contributed by atoms with Gasteiger partial charge in [0.05, 0.1) is 0 Å². The Labute approximate surface area is 87.7 Å². The first-order valence-electron chi connectivity index (χ1n) is 5.60. The van der Waals surface area contributed by atoms with Crippen molar-refractivity contribution in [1.29, 1.82) is 0 Å². The van der Waals surface area contributed by atoms with Crippen molar-refractivity contribution < 1.29 is 0 Å². The molecule has 0 unspecified atom stereocenters. The summed E-state index contributed by atoms with van der Waals surface area (Å²) in [4.78, 5) is 0. The molecule has 0 atom stereocenters. The highest BCUT2D eigenvalue weighted by molar-refractivity contribution is 5.49. The fourth-order valence-electron chi connectivity index (χ4n) is 1.10. The lowest BCUT2D eigenvalue weighted by Gasteiger charge is -1.89. The molecule has 1 fully saturated rings. The molecule has 0 aromatic heterocycles. The SMILES string of the molecule is C(=C\C1CC1)/c1ccccc1.CCC. The number of allylic oxidation sites excluding steroid dienone is 1. The molecular weight excluding hydrogens is 168 g/mol. The zero-order chi connectivity index (χ0) is 10.2. The summed E-state index contributed by atoms with van der Waals surface area (Å²) in [6, 6.07) is 10.5. The summed E-state index contributed by atoms with van der Waals surface area (Å²) in [6.45, 7) is 4.25. The smallest absolute Gasteiger partial charge is 0.0230 e. The van der Waals surface area contributed by atoms with Crippen LogP contribution in [-0.4, -0.2) is 0 Å². The summed E-state index contributed by atoms with van der Waals surface area (Å²) in [5.41, 5.74) is 1.32. The van der Waals surface area contributed by atoms with Gasteiger partial charge in [0.25, 0.3) is 0 Å². The van der Waals surface area contributed by atoms with Gasteiger partial charge in [-0.3, -0.25) is 0 Å². The van der Waals surface area contributed by atoms with Crippen LogP contribution in [0.15, 0.2) is 36.4 Å². The monoisotopic (exact) mass is 188 g/mol. The van der Waals surface area contributed by atoms with Crippen molar-refractivity contribution in [2.24, 2.45) is 5.92 Å². The zero-order valence-corrected chi connectivity index (χ0v) is 9.24. The van der Waals surface area contributed by atoms with Gasteiger partial charge in [-0.2, -0.15) is 0 Å². The third-order valence-electron chi connectivity index (χ3n) is 1.98. The van der Waals surface area contributed by atoms with Crippen LogP contribution in [0.1, 0.15) is 38.7 Å². The molecule has 2 rings (SSSR count). The average Bonchev–Trinajstić information content (AvgIpc) is 3.01.